The van der Waals surface area contributed by atoms with Gasteiger partial charge in [0.25, 0.3) is 0 Å². The van der Waals surface area contributed by atoms with Crippen molar-refractivity contribution in [3.63, 3.8) is 0 Å². The highest BCUT2D eigenvalue weighted by Gasteiger charge is 2.35. The van der Waals surface area contributed by atoms with E-state index >= 15 is 0 Å². The number of likely N-dealkylation sites (N-methyl/N-ethyl adjacent to an activating group) is 1. The fourth-order valence-corrected chi connectivity index (χ4v) is 3.59. The first kappa shape index (κ1) is 17.6. The molecule has 1 unspecified atom stereocenters. The van der Waals surface area contributed by atoms with Crippen molar-refractivity contribution in [3.05, 3.63) is 35.7 Å². The molecule has 134 valence electrons. The van der Waals surface area contributed by atoms with Gasteiger partial charge < -0.3 is 10.2 Å². The van der Waals surface area contributed by atoms with Crippen LogP contribution in [0.4, 0.5) is 0 Å². The van der Waals surface area contributed by atoms with Crippen LogP contribution in [-0.2, 0) is 9.59 Å². The van der Waals surface area contributed by atoms with Gasteiger partial charge in [0, 0.05) is 51.2 Å². The third kappa shape index (κ3) is 4.45. The highest BCUT2D eigenvalue weighted by atomic mass is 16.2. The molecule has 1 atom stereocenters. The van der Waals surface area contributed by atoms with Gasteiger partial charge in [-0.15, -0.1) is 0 Å². The smallest absolute Gasteiger partial charge is 0.244 e. The number of piperidine rings is 1. The van der Waals surface area contributed by atoms with Crippen LogP contribution in [0.3, 0.4) is 0 Å². The molecule has 0 bridgehead atoms. The predicted molar refractivity (Wildman–Crippen MR) is 96.8 cm³/mol. The third-order valence-corrected chi connectivity index (χ3v) is 5.04. The summed E-state index contributed by atoms with van der Waals surface area (Å²) in [4.78, 5) is 32.4. The Labute approximate surface area is 148 Å². The Kier molecular flexibility index (Phi) is 5.48. The van der Waals surface area contributed by atoms with Gasteiger partial charge in [-0.1, -0.05) is 0 Å². The summed E-state index contributed by atoms with van der Waals surface area (Å²) in [7, 11) is 1.87. The molecule has 1 aromatic heterocycles. The van der Waals surface area contributed by atoms with E-state index in [2.05, 4.69) is 15.2 Å². The topological polar surface area (TPSA) is 65.5 Å². The Balaban J connectivity index is 1.46. The van der Waals surface area contributed by atoms with Crippen LogP contribution < -0.4 is 5.32 Å². The maximum Gasteiger partial charge on any atom is 0.244 e. The van der Waals surface area contributed by atoms with Gasteiger partial charge in [0.1, 0.15) is 0 Å². The Morgan fingerprint density at radius 2 is 2.00 bits per heavy atom. The molecule has 2 saturated heterocycles. The molecule has 0 spiro atoms. The lowest BCUT2D eigenvalue weighted by Gasteiger charge is -2.35. The van der Waals surface area contributed by atoms with Crippen LogP contribution in [0.25, 0.3) is 6.08 Å². The molecule has 0 aromatic carbocycles. The normalized spacial score (nSPS) is 22.7. The van der Waals surface area contributed by atoms with E-state index in [-0.39, 0.29) is 23.9 Å². The number of pyridine rings is 1. The Hall–Kier alpha value is -2.21. The first-order chi connectivity index (χ1) is 12.0. The van der Waals surface area contributed by atoms with E-state index in [1.165, 1.54) is 0 Å². The molecule has 6 nitrogen and oxygen atoms in total. The predicted octanol–water partition coefficient (Wildman–Crippen LogP) is 1.21. The quantitative estimate of drug-likeness (QED) is 0.836. The molecule has 2 aliphatic heterocycles. The van der Waals surface area contributed by atoms with Gasteiger partial charge in [-0.2, -0.15) is 0 Å². The van der Waals surface area contributed by atoms with Crippen molar-refractivity contribution in [1.29, 1.82) is 0 Å². The van der Waals surface area contributed by atoms with Gasteiger partial charge in [-0.25, -0.2) is 0 Å². The van der Waals surface area contributed by atoms with Crippen molar-refractivity contribution < 1.29 is 9.59 Å². The number of carbonyl (C=O) groups excluding carboxylic acids is 2. The molecule has 2 amide bonds. The van der Waals surface area contributed by atoms with Crippen LogP contribution in [0.2, 0.25) is 0 Å². The minimum atomic E-state index is -0.0726. The van der Waals surface area contributed by atoms with E-state index in [0.29, 0.717) is 0 Å². The summed E-state index contributed by atoms with van der Waals surface area (Å²) < 4.78 is 0. The summed E-state index contributed by atoms with van der Waals surface area (Å²) in [5, 5.41) is 3.07. The molecule has 0 saturated carbocycles. The molecular weight excluding hydrogens is 316 g/mol. The number of rotatable bonds is 4. The molecule has 2 aliphatic rings. The fraction of sp³-hybridized carbons (Fsp3) is 0.526. The zero-order valence-electron chi connectivity index (χ0n) is 14.9. The van der Waals surface area contributed by atoms with E-state index in [1.807, 2.05) is 24.9 Å². The summed E-state index contributed by atoms with van der Waals surface area (Å²) in [6.45, 7) is 4.55. The summed E-state index contributed by atoms with van der Waals surface area (Å²) in [5.74, 6) is 0.161. The Morgan fingerprint density at radius 1 is 1.24 bits per heavy atom. The number of hydrogen-bond acceptors (Lipinski definition) is 4. The van der Waals surface area contributed by atoms with Crippen LogP contribution >= 0.6 is 0 Å². The van der Waals surface area contributed by atoms with Crippen molar-refractivity contribution in [2.24, 2.45) is 0 Å². The second kappa shape index (κ2) is 7.78. The minimum Gasteiger partial charge on any atom is -0.350 e. The standard InChI is InChI=1S/C19H26N4O2/c1-14-11-15(13-20-12-14)3-4-18(24)21-16-5-9-23(10-6-16)17-7-8-22(2)19(17)25/h3-4,11-13,16-17H,5-10H2,1-2H3,(H,21,24)/b4-3+. The SMILES string of the molecule is Cc1cncc(/C=C/C(=O)NC2CCN(C3CCN(C)C3=O)CC2)c1. The van der Waals surface area contributed by atoms with Gasteiger partial charge in [-0.3, -0.25) is 19.5 Å². The first-order valence-electron chi connectivity index (χ1n) is 8.92. The monoisotopic (exact) mass is 342 g/mol. The summed E-state index contributed by atoms with van der Waals surface area (Å²) in [6, 6.07) is 2.21. The molecule has 25 heavy (non-hydrogen) atoms. The van der Waals surface area contributed by atoms with Crippen molar-refractivity contribution in [1.82, 2.24) is 20.1 Å². The number of amides is 2. The number of carbonyl (C=O) groups is 2. The van der Waals surface area contributed by atoms with Crippen LogP contribution in [0.15, 0.2) is 24.5 Å². The van der Waals surface area contributed by atoms with Gasteiger partial charge in [-0.05, 0) is 49.5 Å². The van der Waals surface area contributed by atoms with Gasteiger partial charge in [0.2, 0.25) is 11.8 Å². The van der Waals surface area contributed by atoms with E-state index in [4.69, 9.17) is 0 Å². The molecule has 1 aromatic rings. The van der Waals surface area contributed by atoms with Crippen molar-refractivity contribution in [2.45, 2.75) is 38.3 Å². The lowest BCUT2D eigenvalue weighted by Crippen LogP contribution is -2.49. The maximum absolute atomic E-state index is 12.1. The van der Waals surface area contributed by atoms with E-state index in [9.17, 15) is 9.59 Å². The van der Waals surface area contributed by atoms with Gasteiger partial charge in [0.15, 0.2) is 0 Å². The largest absolute Gasteiger partial charge is 0.350 e. The van der Waals surface area contributed by atoms with Gasteiger partial charge in [0.05, 0.1) is 6.04 Å². The molecule has 6 heteroatoms. The lowest BCUT2D eigenvalue weighted by atomic mass is 10.0. The number of hydrogen-bond donors (Lipinski definition) is 1. The number of aryl methyl sites for hydroxylation is 1. The summed E-state index contributed by atoms with van der Waals surface area (Å²) in [6.07, 6.45) is 9.58. The molecule has 3 heterocycles. The Morgan fingerprint density at radius 3 is 2.64 bits per heavy atom. The minimum absolute atomic E-state index is 0.0374. The second-order valence-corrected chi connectivity index (χ2v) is 7.01. The number of likely N-dealkylation sites (tertiary alicyclic amines) is 2. The van der Waals surface area contributed by atoms with Gasteiger partial charge >= 0.3 is 0 Å². The Bertz CT molecular complexity index is 665. The first-order valence-corrected chi connectivity index (χ1v) is 8.92. The van der Waals surface area contributed by atoms with Crippen LogP contribution in [0.1, 0.15) is 30.4 Å². The van der Waals surface area contributed by atoms with Crippen LogP contribution in [-0.4, -0.2) is 65.4 Å². The van der Waals surface area contributed by atoms with E-state index in [1.54, 1.807) is 24.5 Å². The van der Waals surface area contributed by atoms with Crippen LogP contribution in [0.5, 0.6) is 0 Å². The maximum atomic E-state index is 12.1. The second-order valence-electron chi connectivity index (χ2n) is 7.01. The molecule has 1 N–H and O–H groups in total. The van der Waals surface area contributed by atoms with Crippen molar-refractivity contribution in [2.75, 3.05) is 26.7 Å². The summed E-state index contributed by atoms with van der Waals surface area (Å²) >= 11 is 0. The van der Waals surface area contributed by atoms with Crippen LogP contribution in [0, 0.1) is 6.92 Å². The highest BCUT2D eigenvalue weighted by Crippen LogP contribution is 2.20. The van der Waals surface area contributed by atoms with Crippen molar-refractivity contribution >= 4 is 17.9 Å². The molecular formula is C19H26N4O2. The zero-order chi connectivity index (χ0) is 17.8. The third-order valence-electron chi connectivity index (χ3n) is 5.04. The highest BCUT2D eigenvalue weighted by molar-refractivity contribution is 5.91. The molecule has 3 rings (SSSR count). The molecule has 0 radical (unpaired) electrons. The lowest BCUT2D eigenvalue weighted by molar-refractivity contribution is -0.131. The van der Waals surface area contributed by atoms with E-state index < -0.39 is 0 Å². The fourth-order valence-electron chi connectivity index (χ4n) is 3.59. The van der Waals surface area contributed by atoms with Crippen molar-refractivity contribution in [3.8, 4) is 0 Å². The van der Waals surface area contributed by atoms with E-state index in [0.717, 1.165) is 50.0 Å². The summed E-state index contributed by atoms with van der Waals surface area (Å²) in [5.41, 5.74) is 2.00. The molecule has 0 aliphatic carbocycles. The number of aromatic nitrogens is 1. The zero-order valence-corrected chi connectivity index (χ0v) is 14.9. The number of nitrogens with zero attached hydrogens (tertiary/aromatic N) is 3. The molecule has 2 fully saturated rings. The average Bonchev–Trinajstić information content (AvgIpc) is 2.93. The average molecular weight is 342 g/mol. The number of nitrogens with one attached hydrogen (secondary N) is 1.